The quantitative estimate of drug-likeness (QED) is 0.895. The van der Waals surface area contributed by atoms with Crippen LogP contribution in [0.2, 0.25) is 5.02 Å². The molecule has 1 atom stereocenters. The van der Waals surface area contributed by atoms with Crippen molar-refractivity contribution in [1.29, 1.82) is 0 Å². The maximum atomic E-state index is 13.0. The molecule has 1 N–H and O–H groups in total. The number of nitrogens with one attached hydrogen (secondary N) is 1. The Labute approximate surface area is 107 Å². The summed E-state index contributed by atoms with van der Waals surface area (Å²) in [7, 11) is 0. The molecule has 0 bridgehead atoms. The van der Waals surface area contributed by atoms with E-state index in [1.165, 1.54) is 6.07 Å². The van der Waals surface area contributed by atoms with E-state index in [-0.39, 0.29) is 10.8 Å². The first kappa shape index (κ1) is 12.8. The molecule has 0 amide bonds. The molecule has 0 aliphatic carbocycles. The van der Waals surface area contributed by atoms with Gasteiger partial charge in [-0.15, -0.1) is 0 Å². The van der Waals surface area contributed by atoms with Crippen molar-refractivity contribution >= 4 is 11.6 Å². The lowest BCUT2D eigenvalue weighted by Crippen LogP contribution is -2.49. The van der Waals surface area contributed by atoms with Crippen LogP contribution in [-0.4, -0.2) is 30.6 Å². The van der Waals surface area contributed by atoms with Crippen LogP contribution in [0.25, 0.3) is 0 Å². The highest BCUT2D eigenvalue weighted by Crippen LogP contribution is 2.17. The van der Waals surface area contributed by atoms with E-state index in [2.05, 4.69) is 17.1 Å². The fraction of sp³-hybridized carbons (Fsp3) is 0.538. The molecule has 2 nitrogen and oxygen atoms in total. The minimum absolute atomic E-state index is 0.213. The molecule has 1 aliphatic heterocycles. The molecule has 0 aromatic heterocycles. The molecule has 1 aliphatic rings. The van der Waals surface area contributed by atoms with E-state index >= 15 is 0 Å². The van der Waals surface area contributed by atoms with Crippen LogP contribution < -0.4 is 5.32 Å². The van der Waals surface area contributed by atoms with Crippen molar-refractivity contribution in [2.24, 2.45) is 0 Å². The van der Waals surface area contributed by atoms with E-state index in [1.54, 1.807) is 6.07 Å². The molecule has 1 aromatic carbocycles. The monoisotopic (exact) mass is 256 g/mol. The van der Waals surface area contributed by atoms with Gasteiger partial charge in [0.15, 0.2) is 0 Å². The number of hydrogen-bond acceptors (Lipinski definition) is 2. The number of hydrogen-bond donors (Lipinski definition) is 1. The van der Waals surface area contributed by atoms with Gasteiger partial charge in [-0.2, -0.15) is 0 Å². The minimum Gasteiger partial charge on any atom is -0.311 e. The maximum absolute atomic E-state index is 13.0. The normalized spacial score (nSPS) is 21.7. The largest absolute Gasteiger partial charge is 0.311 e. The molecule has 94 valence electrons. The summed E-state index contributed by atoms with van der Waals surface area (Å²) in [5, 5.41) is 3.69. The van der Waals surface area contributed by atoms with Gasteiger partial charge in [-0.25, -0.2) is 4.39 Å². The highest BCUT2D eigenvalue weighted by molar-refractivity contribution is 6.30. The van der Waals surface area contributed by atoms with E-state index in [0.717, 1.165) is 38.2 Å². The first-order chi connectivity index (χ1) is 8.19. The van der Waals surface area contributed by atoms with Crippen LogP contribution in [-0.2, 0) is 6.54 Å². The van der Waals surface area contributed by atoms with E-state index in [0.29, 0.717) is 6.04 Å². The van der Waals surface area contributed by atoms with Gasteiger partial charge in [0.2, 0.25) is 0 Å². The Bertz CT molecular complexity index is 384. The Balaban J connectivity index is 1.97. The lowest BCUT2D eigenvalue weighted by atomic mass is 10.1. The van der Waals surface area contributed by atoms with Crippen molar-refractivity contribution in [3.63, 3.8) is 0 Å². The van der Waals surface area contributed by atoms with Gasteiger partial charge in [0.25, 0.3) is 0 Å². The first-order valence-electron chi connectivity index (χ1n) is 6.08. The zero-order chi connectivity index (χ0) is 12.3. The van der Waals surface area contributed by atoms with E-state index in [9.17, 15) is 4.39 Å². The molecule has 0 spiro atoms. The molecule has 0 saturated carbocycles. The third-order valence-electron chi connectivity index (χ3n) is 3.22. The van der Waals surface area contributed by atoms with Crippen molar-refractivity contribution in [1.82, 2.24) is 10.2 Å². The van der Waals surface area contributed by atoms with Crippen LogP contribution in [0, 0.1) is 5.82 Å². The van der Waals surface area contributed by atoms with Crippen LogP contribution in [0.5, 0.6) is 0 Å². The average Bonchev–Trinajstić information content (AvgIpc) is 2.34. The Morgan fingerprint density at radius 1 is 1.53 bits per heavy atom. The summed E-state index contributed by atoms with van der Waals surface area (Å²) in [5.41, 5.74) is 1.08. The zero-order valence-corrected chi connectivity index (χ0v) is 10.8. The van der Waals surface area contributed by atoms with E-state index in [1.807, 2.05) is 6.07 Å². The van der Waals surface area contributed by atoms with Gasteiger partial charge in [-0.05, 0) is 24.1 Å². The van der Waals surface area contributed by atoms with Gasteiger partial charge in [0.05, 0.1) is 5.02 Å². The van der Waals surface area contributed by atoms with Gasteiger partial charge in [-0.1, -0.05) is 24.6 Å². The Morgan fingerprint density at radius 2 is 2.35 bits per heavy atom. The third-order valence-corrected chi connectivity index (χ3v) is 3.51. The number of nitrogens with zero attached hydrogens (tertiary/aromatic N) is 1. The molecule has 17 heavy (non-hydrogen) atoms. The summed E-state index contributed by atoms with van der Waals surface area (Å²) in [4.78, 5) is 2.38. The predicted octanol–water partition coefficient (Wildman–Crippen LogP) is 2.66. The minimum atomic E-state index is -0.345. The standard InChI is InChI=1S/C13H18ClFN2/c1-2-11-9-17(6-5-16-11)8-10-3-4-13(15)12(14)7-10/h3-4,7,11,16H,2,5-6,8-9H2,1H3. The van der Waals surface area contributed by atoms with Crippen LogP contribution >= 0.6 is 11.6 Å². The molecular formula is C13H18ClFN2. The van der Waals surface area contributed by atoms with Crippen molar-refractivity contribution in [2.75, 3.05) is 19.6 Å². The summed E-state index contributed by atoms with van der Waals surface area (Å²) >= 11 is 5.78. The smallest absolute Gasteiger partial charge is 0.141 e. The summed E-state index contributed by atoms with van der Waals surface area (Å²) in [6.45, 7) is 6.14. The Morgan fingerprint density at radius 3 is 3.06 bits per heavy atom. The highest BCUT2D eigenvalue weighted by Gasteiger charge is 2.17. The number of piperazine rings is 1. The Hall–Kier alpha value is -0.640. The number of halogens is 2. The van der Waals surface area contributed by atoms with Crippen molar-refractivity contribution < 1.29 is 4.39 Å². The maximum Gasteiger partial charge on any atom is 0.141 e. The molecule has 1 saturated heterocycles. The lowest BCUT2D eigenvalue weighted by Gasteiger charge is -2.33. The number of benzene rings is 1. The second-order valence-corrected chi connectivity index (χ2v) is 4.95. The average molecular weight is 257 g/mol. The van der Waals surface area contributed by atoms with Gasteiger partial charge in [-0.3, -0.25) is 4.90 Å². The highest BCUT2D eigenvalue weighted by atomic mass is 35.5. The molecule has 1 heterocycles. The van der Waals surface area contributed by atoms with Crippen LogP contribution in [0.4, 0.5) is 4.39 Å². The molecule has 0 radical (unpaired) electrons. The lowest BCUT2D eigenvalue weighted by molar-refractivity contribution is 0.190. The van der Waals surface area contributed by atoms with Crippen LogP contribution in [0.3, 0.4) is 0 Å². The van der Waals surface area contributed by atoms with Crippen molar-refractivity contribution in [2.45, 2.75) is 25.9 Å². The van der Waals surface area contributed by atoms with Crippen molar-refractivity contribution in [3.8, 4) is 0 Å². The van der Waals surface area contributed by atoms with E-state index in [4.69, 9.17) is 11.6 Å². The molecule has 1 unspecified atom stereocenters. The van der Waals surface area contributed by atoms with Crippen LogP contribution in [0.15, 0.2) is 18.2 Å². The summed E-state index contributed by atoms with van der Waals surface area (Å²) < 4.78 is 13.0. The van der Waals surface area contributed by atoms with Crippen molar-refractivity contribution in [3.05, 3.63) is 34.6 Å². The second-order valence-electron chi connectivity index (χ2n) is 4.54. The van der Waals surface area contributed by atoms with Crippen LogP contribution in [0.1, 0.15) is 18.9 Å². The fourth-order valence-electron chi connectivity index (χ4n) is 2.21. The Kier molecular flexibility index (Phi) is 4.37. The second kappa shape index (κ2) is 5.80. The van der Waals surface area contributed by atoms with E-state index < -0.39 is 0 Å². The van der Waals surface area contributed by atoms with Gasteiger partial charge >= 0.3 is 0 Å². The summed E-state index contributed by atoms with van der Waals surface area (Å²) in [6, 6.07) is 5.54. The molecule has 4 heteroatoms. The summed E-state index contributed by atoms with van der Waals surface area (Å²) in [5.74, 6) is -0.345. The summed E-state index contributed by atoms with van der Waals surface area (Å²) in [6.07, 6.45) is 1.14. The molecule has 1 fully saturated rings. The SMILES string of the molecule is CCC1CN(Cc2ccc(F)c(Cl)c2)CCN1. The molecular weight excluding hydrogens is 239 g/mol. The number of rotatable bonds is 3. The topological polar surface area (TPSA) is 15.3 Å². The van der Waals surface area contributed by atoms with Gasteiger partial charge < -0.3 is 5.32 Å². The molecule has 1 aromatic rings. The third kappa shape index (κ3) is 3.41. The zero-order valence-electron chi connectivity index (χ0n) is 10.0. The van der Waals surface area contributed by atoms with Gasteiger partial charge in [0.1, 0.15) is 5.82 Å². The fourth-order valence-corrected chi connectivity index (χ4v) is 2.41. The first-order valence-corrected chi connectivity index (χ1v) is 6.46. The van der Waals surface area contributed by atoms with Gasteiger partial charge in [0, 0.05) is 32.2 Å². The predicted molar refractivity (Wildman–Crippen MR) is 68.8 cm³/mol. The molecule has 2 rings (SSSR count).